The van der Waals surface area contributed by atoms with Crippen LogP contribution in [0.5, 0.6) is 5.75 Å². The fourth-order valence-electron chi connectivity index (χ4n) is 7.90. The first-order valence-electron chi connectivity index (χ1n) is 17.3. The van der Waals surface area contributed by atoms with Gasteiger partial charge in [0.1, 0.15) is 29.7 Å². The molecule has 2 saturated heterocycles. The number of carboxylic acids is 1. The molecule has 2 heterocycles. The predicted octanol–water partition coefficient (Wildman–Crippen LogP) is 2.88. The molecular formula is C39H42O14. The van der Waals surface area contributed by atoms with Crippen LogP contribution >= 0.6 is 0 Å². The molecule has 1 saturated carbocycles. The maximum atomic E-state index is 14.0. The van der Waals surface area contributed by atoms with Gasteiger partial charge in [-0.25, -0.2) is 9.59 Å². The van der Waals surface area contributed by atoms with Crippen LogP contribution in [-0.2, 0) is 33.3 Å². The number of carboxylic acid groups (broad SMARTS) is 1. The number of carbonyl (C=O) groups excluding carboxylic acids is 4. The highest BCUT2D eigenvalue weighted by Gasteiger charge is 2.67. The second kappa shape index (κ2) is 13.4. The molecule has 5 N–H and O–H groups in total. The number of phenols is 1. The standard InChI is InChI=1S/C39H42O14/c1-19-24(51-27(40)11-9-7-6-8-10-25-20(2)52-38(5,53-25)35(46)47)14-15-26(50-19)21-12-13-22-28(30(21)41)31(42)23-16-17-39(49)18-36(3,48)33(44)34(45)37(39,4)29(23)32(22)43/h6-13,16-17,19-20,24-26,33,41,44,48-49H,14-15,18H2,1-5H3,(H,46,47). The molecule has 0 spiro atoms. The van der Waals surface area contributed by atoms with Gasteiger partial charge >= 0.3 is 11.9 Å². The number of carbonyl (C=O) groups is 5. The van der Waals surface area contributed by atoms with Crippen molar-refractivity contribution in [3.8, 4) is 5.75 Å². The number of hydrogen-bond acceptors (Lipinski definition) is 13. The molecule has 1 aromatic carbocycles. The van der Waals surface area contributed by atoms with Crippen LogP contribution < -0.4 is 0 Å². The highest BCUT2D eigenvalue weighted by molar-refractivity contribution is 6.31. The monoisotopic (exact) mass is 734 g/mol. The Balaban J connectivity index is 1.10. The SMILES string of the molecule is CC1OC(C)(C(=O)O)OC1C=CC=CC=CC(=O)OC1CCC(c2ccc3c(c2O)C(=O)C2=C(C3=O)C3(C)C(=O)C(O)C(C)(O)CC3(O)C=C2)OC1C. The molecule has 6 rings (SSSR count). The molecule has 3 aliphatic carbocycles. The third kappa shape index (κ3) is 6.22. The van der Waals surface area contributed by atoms with Crippen molar-refractivity contribution in [2.24, 2.45) is 5.41 Å². The van der Waals surface area contributed by atoms with Crippen LogP contribution in [0.15, 0.2) is 71.9 Å². The third-order valence-corrected chi connectivity index (χ3v) is 11.0. The van der Waals surface area contributed by atoms with E-state index in [1.807, 2.05) is 0 Å². The fourth-order valence-corrected chi connectivity index (χ4v) is 7.90. The van der Waals surface area contributed by atoms with Gasteiger partial charge in [0, 0.05) is 41.7 Å². The van der Waals surface area contributed by atoms with E-state index in [4.69, 9.17) is 18.9 Å². The molecule has 53 heavy (non-hydrogen) atoms. The van der Waals surface area contributed by atoms with E-state index in [-0.39, 0.29) is 27.8 Å². The maximum Gasteiger partial charge on any atom is 0.364 e. The van der Waals surface area contributed by atoms with Crippen molar-refractivity contribution in [3.05, 3.63) is 88.6 Å². The molecular weight excluding hydrogens is 692 g/mol. The van der Waals surface area contributed by atoms with Gasteiger partial charge in [0.15, 0.2) is 17.3 Å². The predicted molar refractivity (Wildman–Crippen MR) is 184 cm³/mol. The smallest absolute Gasteiger partial charge is 0.364 e. The van der Waals surface area contributed by atoms with Crippen molar-refractivity contribution < 1.29 is 68.5 Å². The number of phenolic OH excluding ortho intramolecular Hbond substituents is 1. The normalized spacial score (nSPS) is 38.5. The number of allylic oxidation sites excluding steroid dienone is 6. The van der Waals surface area contributed by atoms with Gasteiger partial charge in [0.2, 0.25) is 0 Å². The molecule has 5 aliphatic rings. The lowest BCUT2D eigenvalue weighted by Gasteiger charge is -2.54. The number of fused-ring (bicyclic) bond motifs is 3. The van der Waals surface area contributed by atoms with Crippen LogP contribution in [0.2, 0.25) is 0 Å². The summed E-state index contributed by atoms with van der Waals surface area (Å²) in [6.45, 7) is 7.21. The Hall–Kier alpha value is -4.57. The number of ether oxygens (including phenoxy) is 4. The molecule has 14 heteroatoms. The third-order valence-electron chi connectivity index (χ3n) is 11.0. The van der Waals surface area contributed by atoms with E-state index < -0.39 is 100 Å². The van der Waals surface area contributed by atoms with E-state index >= 15 is 0 Å². The van der Waals surface area contributed by atoms with Gasteiger partial charge in [0.25, 0.3) is 5.79 Å². The zero-order chi connectivity index (χ0) is 38.8. The summed E-state index contributed by atoms with van der Waals surface area (Å²) in [5, 5.41) is 53.5. The van der Waals surface area contributed by atoms with Crippen molar-refractivity contribution >= 4 is 29.3 Å². The van der Waals surface area contributed by atoms with Crippen molar-refractivity contribution in [1.29, 1.82) is 0 Å². The fraction of sp³-hybridized carbons (Fsp3) is 0.462. The zero-order valence-corrected chi connectivity index (χ0v) is 29.8. The summed E-state index contributed by atoms with van der Waals surface area (Å²) in [7, 11) is 0. The lowest BCUT2D eigenvalue weighted by Crippen LogP contribution is -2.69. The number of benzene rings is 1. The summed E-state index contributed by atoms with van der Waals surface area (Å²) in [5.74, 6) is -6.57. The lowest BCUT2D eigenvalue weighted by atomic mass is 9.51. The van der Waals surface area contributed by atoms with Crippen LogP contribution in [-0.4, -0.2) is 102 Å². The van der Waals surface area contributed by atoms with Gasteiger partial charge in [-0.1, -0.05) is 48.6 Å². The Bertz CT molecular complexity index is 1930. The number of hydrogen-bond donors (Lipinski definition) is 5. The minimum absolute atomic E-state index is 0.183. The minimum atomic E-state index is -2.08. The minimum Gasteiger partial charge on any atom is -0.507 e. The number of aliphatic hydroxyl groups excluding tert-OH is 1. The van der Waals surface area contributed by atoms with E-state index in [0.29, 0.717) is 12.8 Å². The molecule has 10 unspecified atom stereocenters. The van der Waals surface area contributed by atoms with E-state index in [9.17, 15) is 49.5 Å². The van der Waals surface area contributed by atoms with Crippen molar-refractivity contribution in [3.63, 3.8) is 0 Å². The Morgan fingerprint density at radius 2 is 1.64 bits per heavy atom. The molecule has 1 aromatic rings. The van der Waals surface area contributed by atoms with Gasteiger partial charge in [-0.15, -0.1) is 0 Å². The molecule has 2 aliphatic heterocycles. The highest BCUT2D eigenvalue weighted by Crippen LogP contribution is 2.56. The van der Waals surface area contributed by atoms with Gasteiger partial charge < -0.3 is 44.5 Å². The molecule has 3 fully saturated rings. The number of aliphatic carboxylic acids is 1. The molecule has 0 aromatic heterocycles. The first kappa shape index (κ1) is 38.2. The summed E-state index contributed by atoms with van der Waals surface area (Å²) < 4.78 is 22.5. The van der Waals surface area contributed by atoms with Crippen LogP contribution in [0.4, 0.5) is 0 Å². The number of esters is 1. The second-order valence-electron chi connectivity index (χ2n) is 14.7. The van der Waals surface area contributed by atoms with Crippen LogP contribution in [0.3, 0.4) is 0 Å². The zero-order valence-electron chi connectivity index (χ0n) is 29.8. The largest absolute Gasteiger partial charge is 0.507 e. The van der Waals surface area contributed by atoms with Gasteiger partial charge in [0.05, 0.1) is 34.9 Å². The molecule has 0 amide bonds. The summed E-state index contributed by atoms with van der Waals surface area (Å²) in [6.07, 6.45) is 6.85. The summed E-state index contributed by atoms with van der Waals surface area (Å²) in [6, 6.07) is 2.80. The van der Waals surface area contributed by atoms with Crippen LogP contribution in [0.25, 0.3) is 0 Å². The summed E-state index contributed by atoms with van der Waals surface area (Å²) in [4.78, 5) is 65.3. The lowest BCUT2D eigenvalue weighted by molar-refractivity contribution is -0.200. The quantitative estimate of drug-likeness (QED) is 0.154. The van der Waals surface area contributed by atoms with Crippen LogP contribution in [0, 0.1) is 5.41 Å². The summed E-state index contributed by atoms with van der Waals surface area (Å²) >= 11 is 0. The summed E-state index contributed by atoms with van der Waals surface area (Å²) in [5.41, 5.74) is -6.86. The molecule has 10 atom stereocenters. The average Bonchev–Trinajstić information content (AvgIpc) is 3.39. The average molecular weight is 735 g/mol. The molecule has 0 radical (unpaired) electrons. The maximum absolute atomic E-state index is 14.0. The topological polar surface area (TPSA) is 223 Å². The van der Waals surface area contributed by atoms with Crippen molar-refractivity contribution in [1.82, 2.24) is 0 Å². The Kier molecular flexibility index (Phi) is 9.63. The number of rotatable bonds is 7. The second-order valence-corrected chi connectivity index (χ2v) is 14.7. The Morgan fingerprint density at radius 1 is 0.943 bits per heavy atom. The molecule has 282 valence electrons. The number of aromatic hydroxyl groups is 1. The number of aliphatic hydroxyl groups is 3. The van der Waals surface area contributed by atoms with Crippen LogP contribution in [0.1, 0.15) is 86.3 Å². The first-order valence-corrected chi connectivity index (χ1v) is 17.3. The molecule has 0 bridgehead atoms. The van der Waals surface area contributed by atoms with Crippen molar-refractivity contribution in [2.45, 2.75) is 107 Å². The van der Waals surface area contributed by atoms with Gasteiger partial charge in [-0.05, 0) is 46.6 Å². The van der Waals surface area contributed by atoms with E-state index in [1.54, 1.807) is 38.2 Å². The highest BCUT2D eigenvalue weighted by atomic mass is 16.8. The first-order chi connectivity index (χ1) is 24.8. The van der Waals surface area contributed by atoms with Gasteiger partial charge in [-0.2, -0.15) is 0 Å². The van der Waals surface area contributed by atoms with E-state index in [0.717, 1.165) is 0 Å². The van der Waals surface area contributed by atoms with Crippen molar-refractivity contribution in [2.75, 3.05) is 0 Å². The van der Waals surface area contributed by atoms with E-state index in [2.05, 4.69) is 0 Å². The number of Topliss-reactive ketones (excluding diaryl/α,β-unsaturated/α-hetero) is 3. The van der Waals surface area contributed by atoms with Gasteiger partial charge in [-0.3, -0.25) is 14.4 Å². The Morgan fingerprint density at radius 3 is 2.30 bits per heavy atom. The van der Waals surface area contributed by atoms with E-state index in [1.165, 1.54) is 57.2 Å². The number of ketones is 3. The molecule has 14 nitrogen and oxygen atoms in total. The Labute approximate surface area is 304 Å².